The van der Waals surface area contributed by atoms with E-state index >= 15 is 0 Å². The molecule has 0 atom stereocenters. The Morgan fingerprint density at radius 1 is 0.386 bits per heavy atom. The number of para-hydroxylation sites is 3. The van der Waals surface area contributed by atoms with Crippen LogP contribution in [0.1, 0.15) is 0 Å². The number of aromatic nitrogens is 3. The predicted octanol–water partition coefficient (Wildman–Crippen LogP) is 10.6. The van der Waals surface area contributed by atoms with Crippen LogP contribution in [0.15, 0.2) is 164 Å². The molecule has 3 nitrogen and oxygen atoms in total. The SMILES string of the molecule is c1ccc(-c2ccc(-n3c4cc(-c5cccc6c7ccccc7n(-c7ccccc7)c56)ccc4c4ncccc43)cc2)cc1. The Labute approximate surface area is 254 Å². The zero-order valence-corrected chi connectivity index (χ0v) is 23.9. The average Bonchev–Trinajstić information content (AvgIpc) is 3.62. The molecular formula is C41H27N3. The van der Waals surface area contributed by atoms with Gasteiger partial charge in [0.25, 0.3) is 0 Å². The van der Waals surface area contributed by atoms with Crippen LogP contribution in [-0.4, -0.2) is 14.1 Å². The van der Waals surface area contributed by atoms with Gasteiger partial charge in [0.15, 0.2) is 0 Å². The number of nitrogens with zero attached hydrogens (tertiary/aromatic N) is 3. The van der Waals surface area contributed by atoms with Crippen molar-refractivity contribution >= 4 is 43.7 Å². The largest absolute Gasteiger partial charge is 0.309 e. The Hall–Kier alpha value is -5.93. The highest BCUT2D eigenvalue weighted by molar-refractivity contribution is 6.15. The van der Waals surface area contributed by atoms with Crippen LogP contribution < -0.4 is 0 Å². The van der Waals surface area contributed by atoms with Crippen LogP contribution in [0.2, 0.25) is 0 Å². The van der Waals surface area contributed by atoms with Gasteiger partial charge in [-0.15, -0.1) is 0 Å². The van der Waals surface area contributed by atoms with Crippen LogP contribution in [0.25, 0.3) is 77.4 Å². The van der Waals surface area contributed by atoms with Crippen molar-refractivity contribution in [3.8, 4) is 33.6 Å². The Kier molecular flexibility index (Phi) is 5.50. The third-order valence-electron chi connectivity index (χ3n) is 8.77. The van der Waals surface area contributed by atoms with Crippen molar-refractivity contribution in [2.45, 2.75) is 0 Å². The van der Waals surface area contributed by atoms with Crippen molar-refractivity contribution in [3.63, 3.8) is 0 Å². The van der Waals surface area contributed by atoms with Crippen LogP contribution in [-0.2, 0) is 0 Å². The maximum atomic E-state index is 4.83. The van der Waals surface area contributed by atoms with Gasteiger partial charge in [0.2, 0.25) is 0 Å². The van der Waals surface area contributed by atoms with E-state index in [1.807, 2.05) is 12.3 Å². The molecule has 0 spiro atoms. The highest BCUT2D eigenvalue weighted by atomic mass is 15.0. The molecule has 0 amide bonds. The molecule has 9 aromatic rings. The summed E-state index contributed by atoms with van der Waals surface area (Å²) in [5, 5.41) is 3.65. The average molecular weight is 562 g/mol. The zero-order chi connectivity index (χ0) is 29.0. The van der Waals surface area contributed by atoms with Crippen molar-refractivity contribution in [1.82, 2.24) is 14.1 Å². The summed E-state index contributed by atoms with van der Waals surface area (Å²) in [4.78, 5) is 4.83. The Morgan fingerprint density at radius 2 is 1.05 bits per heavy atom. The van der Waals surface area contributed by atoms with Crippen molar-refractivity contribution in [3.05, 3.63) is 164 Å². The van der Waals surface area contributed by atoms with Gasteiger partial charge in [-0.2, -0.15) is 0 Å². The molecule has 9 rings (SSSR count). The van der Waals surface area contributed by atoms with Gasteiger partial charge >= 0.3 is 0 Å². The predicted molar refractivity (Wildman–Crippen MR) is 184 cm³/mol. The molecule has 0 fully saturated rings. The molecule has 0 unspecified atom stereocenters. The molecule has 0 N–H and O–H groups in total. The van der Waals surface area contributed by atoms with Crippen molar-refractivity contribution in [2.24, 2.45) is 0 Å². The number of hydrogen-bond donors (Lipinski definition) is 0. The summed E-state index contributed by atoms with van der Waals surface area (Å²) in [6.45, 7) is 0. The van der Waals surface area contributed by atoms with E-state index in [1.165, 1.54) is 44.1 Å². The number of fused-ring (bicyclic) bond motifs is 6. The second-order valence-corrected chi connectivity index (χ2v) is 11.2. The van der Waals surface area contributed by atoms with E-state index in [1.54, 1.807) is 0 Å². The van der Waals surface area contributed by atoms with E-state index in [9.17, 15) is 0 Å². The minimum atomic E-state index is 1.01. The summed E-state index contributed by atoms with van der Waals surface area (Å²) in [6.07, 6.45) is 1.89. The molecule has 3 aromatic heterocycles. The first-order valence-corrected chi connectivity index (χ1v) is 15.0. The summed E-state index contributed by atoms with van der Waals surface area (Å²) in [5.41, 5.74) is 12.7. The quantitative estimate of drug-likeness (QED) is 0.210. The van der Waals surface area contributed by atoms with Gasteiger partial charge in [0.05, 0.1) is 27.6 Å². The number of benzene rings is 6. The minimum absolute atomic E-state index is 1.01. The maximum Gasteiger partial charge on any atom is 0.0963 e. The fraction of sp³-hybridized carbons (Fsp3) is 0. The van der Waals surface area contributed by atoms with Gasteiger partial charge in [-0.05, 0) is 71.3 Å². The van der Waals surface area contributed by atoms with Gasteiger partial charge in [-0.3, -0.25) is 4.98 Å². The van der Waals surface area contributed by atoms with E-state index < -0.39 is 0 Å². The summed E-state index contributed by atoms with van der Waals surface area (Å²) in [6, 6.07) is 56.5. The number of rotatable bonds is 4. The standard InChI is InChI=1S/C41H27N3/c1-3-11-28(12-4-1)29-20-23-32(24-21-29)43-38-19-10-26-42-40(38)36-25-22-30(27-39(36)43)33-16-9-17-35-34-15-7-8-18-37(34)44(41(33)35)31-13-5-2-6-14-31/h1-27H. The van der Waals surface area contributed by atoms with Crippen LogP contribution in [0.3, 0.4) is 0 Å². The second-order valence-electron chi connectivity index (χ2n) is 11.2. The molecule has 44 heavy (non-hydrogen) atoms. The molecule has 206 valence electrons. The van der Waals surface area contributed by atoms with Crippen LogP contribution in [0, 0.1) is 0 Å². The molecule has 6 aromatic carbocycles. The number of pyridine rings is 1. The molecule has 0 bridgehead atoms. The van der Waals surface area contributed by atoms with Crippen molar-refractivity contribution < 1.29 is 0 Å². The fourth-order valence-corrected chi connectivity index (χ4v) is 6.81. The maximum absolute atomic E-state index is 4.83. The zero-order valence-electron chi connectivity index (χ0n) is 23.9. The molecule has 3 heteroatoms. The lowest BCUT2D eigenvalue weighted by Crippen LogP contribution is -1.96. The van der Waals surface area contributed by atoms with Gasteiger partial charge in [0, 0.05) is 39.3 Å². The molecule has 0 saturated heterocycles. The third-order valence-corrected chi connectivity index (χ3v) is 8.77. The minimum Gasteiger partial charge on any atom is -0.309 e. The van der Waals surface area contributed by atoms with Gasteiger partial charge in [-0.1, -0.05) is 103 Å². The molecular weight excluding hydrogens is 534 g/mol. The first-order valence-electron chi connectivity index (χ1n) is 15.0. The lowest BCUT2D eigenvalue weighted by Gasteiger charge is -2.13. The van der Waals surface area contributed by atoms with Crippen LogP contribution in [0.4, 0.5) is 0 Å². The van der Waals surface area contributed by atoms with Gasteiger partial charge < -0.3 is 9.13 Å². The van der Waals surface area contributed by atoms with E-state index in [0.717, 1.165) is 33.3 Å². The number of hydrogen-bond acceptors (Lipinski definition) is 1. The molecule has 0 saturated carbocycles. The lowest BCUT2D eigenvalue weighted by atomic mass is 10.0. The molecule has 3 heterocycles. The first-order chi connectivity index (χ1) is 21.8. The van der Waals surface area contributed by atoms with E-state index in [4.69, 9.17) is 4.98 Å². The molecule has 0 aliphatic carbocycles. The van der Waals surface area contributed by atoms with Crippen LogP contribution in [0.5, 0.6) is 0 Å². The first kappa shape index (κ1) is 24.6. The summed E-state index contributed by atoms with van der Waals surface area (Å²) in [7, 11) is 0. The highest BCUT2D eigenvalue weighted by Crippen LogP contribution is 2.40. The Bertz CT molecular complexity index is 2470. The van der Waals surface area contributed by atoms with Gasteiger partial charge in [-0.25, -0.2) is 0 Å². The summed E-state index contributed by atoms with van der Waals surface area (Å²) in [5.74, 6) is 0. The lowest BCUT2D eigenvalue weighted by molar-refractivity contribution is 1.17. The topological polar surface area (TPSA) is 22.8 Å². The Morgan fingerprint density at radius 3 is 1.89 bits per heavy atom. The molecule has 0 radical (unpaired) electrons. The monoisotopic (exact) mass is 561 g/mol. The second kappa shape index (κ2) is 9.82. The van der Waals surface area contributed by atoms with Crippen molar-refractivity contribution in [1.29, 1.82) is 0 Å². The fourth-order valence-electron chi connectivity index (χ4n) is 6.81. The molecule has 0 aliphatic heterocycles. The van der Waals surface area contributed by atoms with E-state index in [0.29, 0.717) is 0 Å². The summed E-state index contributed by atoms with van der Waals surface area (Å²) < 4.78 is 4.76. The van der Waals surface area contributed by atoms with E-state index in [2.05, 4.69) is 161 Å². The highest BCUT2D eigenvalue weighted by Gasteiger charge is 2.18. The molecule has 0 aliphatic rings. The van der Waals surface area contributed by atoms with Crippen LogP contribution >= 0.6 is 0 Å². The third kappa shape index (κ3) is 3.73. The van der Waals surface area contributed by atoms with E-state index in [-0.39, 0.29) is 0 Å². The smallest absolute Gasteiger partial charge is 0.0963 e. The van der Waals surface area contributed by atoms with Crippen molar-refractivity contribution in [2.75, 3.05) is 0 Å². The van der Waals surface area contributed by atoms with Gasteiger partial charge in [0.1, 0.15) is 0 Å². The Balaban J connectivity index is 1.30. The normalized spacial score (nSPS) is 11.6. The summed E-state index contributed by atoms with van der Waals surface area (Å²) >= 11 is 0.